The van der Waals surface area contributed by atoms with Crippen LogP contribution in [0.15, 0.2) is 24.3 Å². The van der Waals surface area contributed by atoms with Gasteiger partial charge in [0, 0.05) is 11.8 Å². The Balaban J connectivity index is 1.32. The van der Waals surface area contributed by atoms with Gasteiger partial charge in [-0.05, 0) is 47.9 Å². The van der Waals surface area contributed by atoms with Gasteiger partial charge in [-0.3, -0.25) is 4.79 Å². The molecular formula is C29H32O13. The molecule has 7 rings (SSSR count). The van der Waals surface area contributed by atoms with E-state index < -0.39 is 66.8 Å². The van der Waals surface area contributed by atoms with E-state index in [0.717, 1.165) is 0 Å². The molecule has 2 aromatic rings. The quantitative estimate of drug-likeness (QED) is 0.430. The summed E-state index contributed by atoms with van der Waals surface area (Å²) in [5.74, 6) is -1.02. The molecule has 5 aliphatic rings. The SMILES string of the molecule is COc1cc(C2c3cc4c(cc3C(OC3OC5COC(C)OC5C(O)C3O)[C@H]3COC(=O)[C@H]23)OCO4)cc(OC)c1O. The number of hydrogen-bond donors (Lipinski definition) is 3. The van der Waals surface area contributed by atoms with Crippen molar-refractivity contribution in [3.63, 3.8) is 0 Å². The zero-order chi connectivity index (χ0) is 29.3. The van der Waals surface area contributed by atoms with Gasteiger partial charge in [-0.15, -0.1) is 0 Å². The minimum absolute atomic E-state index is 0.0301. The van der Waals surface area contributed by atoms with Crippen LogP contribution in [0.3, 0.4) is 0 Å². The maximum Gasteiger partial charge on any atom is 0.310 e. The molecule has 3 N–H and O–H groups in total. The Hall–Kier alpha value is -3.33. The normalized spacial score (nSPS) is 36.5. The second-order valence-electron chi connectivity index (χ2n) is 11.0. The largest absolute Gasteiger partial charge is 0.502 e. The Kier molecular flexibility index (Phi) is 6.83. The Morgan fingerprint density at radius 2 is 1.57 bits per heavy atom. The zero-order valence-corrected chi connectivity index (χ0v) is 23.1. The van der Waals surface area contributed by atoms with Crippen molar-refractivity contribution in [2.45, 2.75) is 55.9 Å². The van der Waals surface area contributed by atoms with Crippen LogP contribution in [0.25, 0.3) is 0 Å². The number of rotatable bonds is 5. The standard InChI is InChI=1S/C29H32O13/c1-11-36-9-20-27(40-11)24(31)25(32)29(41-20)42-26-14-7-17-16(38-10-39-17)6-13(14)21(22-15(26)8-37-28(22)33)12-4-18(34-2)23(30)19(5-12)35-3/h4-7,11,15,20-22,24-27,29-32H,8-10H2,1-3H3/t11?,15-,20?,21?,22-,24?,25?,26?,27?,29?/m0/s1. The van der Waals surface area contributed by atoms with Crippen LogP contribution in [0.4, 0.5) is 0 Å². The first-order valence-corrected chi connectivity index (χ1v) is 13.8. The van der Waals surface area contributed by atoms with Crippen LogP contribution in [-0.4, -0.2) is 92.5 Å². The smallest absolute Gasteiger partial charge is 0.310 e. The molecule has 13 heteroatoms. The molecule has 0 spiro atoms. The van der Waals surface area contributed by atoms with E-state index in [1.165, 1.54) is 14.2 Å². The van der Waals surface area contributed by atoms with E-state index in [2.05, 4.69) is 0 Å². The summed E-state index contributed by atoms with van der Waals surface area (Å²) in [6.45, 7) is 1.93. The van der Waals surface area contributed by atoms with E-state index in [0.29, 0.717) is 28.2 Å². The molecule has 0 radical (unpaired) electrons. The average Bonchev–Trinajstić information content (AvgIpc) is 3.61. The predicted molar refractivity (Wildman–Crippen MR) is 138 cm³/mol. The highest BCUT2D eigenvalue weighted by atomic mass is 16.8. The van der Waals surface area contributed by atoms with Gasteiger partial charge >= 0.3 is 5.97 Å². The number of fused-ring (bicyclic) bond motifs is 4. The fraction of sp³-hybridized carbons (Fsp3) is 0.552. The molecule has 226 valence electrons. The van der Waals surface area contributed by atoms with Crippen molar-refractivity contribution in [3.05, 3.63) is 41.0 Å². The molecule has 4 heterocycles. The number of phenolic OH excluding ortho intramolecular Hbond substituents is 1. The molecule has 0 amide bonds. The van der Waals surface area contributed by atoms with Crippen molar-refractivity contribution in [2.75, 3.05) is 34.2 Å². The number of cyclic esters (lactones) is 1. The molecule has 1 aliphatic carbocycles. The summed E-state index contributed by atoms with van der Waals surface area (Å²) in [4.78, 5) is 13.4. The van der Waals surface area contributed by atoms with Crippen molar-refractivity contribution in [1.82, 2.24) is 0 Å². The zero-order valence-electron chi connectivity index (χ0n) is 23.1. The first kappa shape index (κ1) is 27.5. The molecule has 8 unspecified atom stereocenters. The summed E-state index contributed by atoms with van der Waals surface area (Å²) in [7, 11) is 2.86. The van der Waals surface area contributed by atoms with Crippen LogP contribution in [0.5, 0.6) is 28.7 Å². The van der Waals surface area contributed by atoms with Crippen molar-refractivity contribution < 1.29 is 62.7 Å². The van der Waals surface area contributed by atoms with Gasteiger partial charge < -0.3 is 58.0 Å². The Morgan fingerprint density at radius 1 is 0.881 bits per heavy atom. The van der Waals surface area contributed by atoms with E-state index in [4.69, 9.17) is 42.6 Å². The summed E-state index contributed by atoms with van der Waals surface area (Å²) in [5.41, 5.74) is 2.01. The lowest BCUT2D eigenvalue weighted by atomic mass is 9.66. The Morgan fingerprint density at radius 3 is 2.26 bits per heavy atom. The van der Waals surface area contributed by atoms with Gasteiger partial charge in [0.05, 0.1) is 39.5 Å². The minimum Gasteiger partial charge on any atom is -0.502 e. The maximum absolute atomic E-state index is 13.4. The van der Waals surface area contributed by atoms with Gasteiger partial charge in [-0.25, -0.2) is 0 Å². The monoisotopic (exact) mass is 588 g/mol. The average molecular weight is 589 g/mol. The number of aliphatic hydroxyl groups is 2. The number of benzene rings is 2. The molecule has 4 aliphatic heterocycles. The summed E-state index contributed by atoms with van der Waals surface area (Å²) in [5, 5.41) is 32.5. The predicted octanol–water partition coefficient (Wildman–Crippen LogP) is 1.34. The first-order valence-electron chi connectivity index (χ1n) is 13.8. The highest BCUT2D eigenvalue weighted by Crippen LogP contribution is 2.57. The van der Waals surface area contributed by atoms with Crippen LogP contribution in [0.1, 0.15) is 35.6 Å². The number of carbonyl (C=O) groups excluding carboxylic acids is 1. The molecule has 0 bridgehead atoms. The second-order valence-corrected chi connectivity index (χ2v) is 11.0. The number of carbonyl (C=O) groups is 1. The minimum atomic E-state index is -1.44. The van der Waals surface area contributed by atoms with Gasteiger partial charge in [-0.2, -0.15) is 0 Å². The molecule has 3 fully saturated rings. The number of aliphatic hydroxyl groups excluding tert-OH is 2. The highest BCUT2D eigenvalue weighted by Gasteiger charge is 2.56. The van der Waals surface area contributed by atoms with Crippen molar-refractivity contribution in [2.24, 2.45) is 11.8 Å². The van der Waals surface area contributed by atoms with Crippen LogP contribution in [0, 0.1) is 11.8 Å². The summed E-state index contributed by atoms with van der Waals surface area (Å²) in [6, 6.07) is 6.93. The lowest BCUT2D eigenvalue weighted by molar-refractivity contribution is -0.364. The van der Waals surface area contributed by atoms with Crippen LogP contribution in [0.2, 0.25) is 0 Å². The van der Waals surface area contributed by atoms with Gasteiger partial charge in [-0.1, -0.05) is 0 Å². The third-order valence-electron chi connectivity index (χ3n) is 8.75. The van der Waals surface area contributed by atoms with Crippen molar-refractivity contribution in [3.8, 4) is 28.7 Å². The molecular weight excluding hydrogens is 556 g/mol. The number of aromatic hydroxyl groups is 1. The number of hydrogen-bond acceptors (Lipinski definition) is 13. The van der Waals surface area contributed by atoms with Crippen LogP contribution < -0.4 is 18.9 Å². The van der Waals surface area contributed by atoms with Gasteiger partial charge in [0.1, 0.15) is 24.4 Å². The Labute approximate surface area is 240 Å². The summed E-state index contributed by atoms with van der Waals surface area (Å²) < 4.78 is 51.5. The molecule has 10 atom stereocenters. The topological polar surface area (TPSA) is 161 Å². The molecule has 13 nitrogen and oxygen atoms in total. The van der Waals surface area contributed by atoms with E-state index in [1.807, 2.05) is 0 Å². The van der Waals surface area contributed by atoms with Gasteiger partial charge in [0.15, 0.2) is 35.6 Å². The maximum atomic E-state index is 13.4. The summed E-state index contributed by atoms with van der Waals surface area (Å²) in [6.07, 6.45) is -6.80. The lowest BCUT2D eigenvalue weighted by Gasteiger charge is -2.47. The van der Waals surface area contributed by atoms with E-state index in [9.17, 15) is 20.1 Å². The summed E-state index contributed by atoms with van der Waals surface area (Å²) >= 11 is 0. The van der Waals surface area contributed by atoms with Crippen molar-refractivity contribution >= 4 is 5.97 Å². The highest BCUT2D eigenvalue weighted by molar-refractivity contribution is 5.79. The number of methoxy groups -OCH3 is 2. The molecule has 2 aromatic carbocycles. The van der Waals surface area contributed by atoms with Crippen LogP contribution in [-0.2, 0) is 28.5 Å². The molecule has 0 aromatic heterocycles. The second kappa shape index (κ2) is 10.4. The Bertz CT molecular complexity index is 1350. The fourth-order valence-corrected chi connectivity index (χ4v) is 6.74. The first-order chi connectivity index (χ1) is 20.3. The van der Waals surface area contributed by atoms with E-state index in [1.54, 1.807) is 31.2 Å². The molecule has 42 heavy (non-hydrogen) atoms. The number of ether oxygens (including phenoxy) is 9. The number of esters is 1. The van der Waals surface area contributed by atoms with Crippen LogP contribution >= 0.6 is 0 Å². The van der Waals surface area contributed by atoms with E-state index in [-0.39, 0.29) is 37.3 Å². The van der Waals surface area contributed by atoms with Gasteiger partial charge in [0.25, 0.3) is 0 Å². The number of phenols is 1. The van der Waals surface area contributed by atoms with Crippen molar-refractivity contribution in [1.29, 1.82) is 0 Å². The molecule has 0 saturated carbocycles. The van der Waals surface area contributed by atoms with Gasteiger partial charge in [0.2, 0.25) is 12.5 Å². The third kappa shape index (κ3) is 4.26. The third-order valence-corrected chi connectivity index (χ3v) is 8.75. The molecule has 3 saturated heterocycles. The fourth-order valence-electron chi connectivity index (χ4n) is 6.74. The van der Waals surface area contributed by atoms with E-state index >= 15 is 0 Å². The lowest BCUT2D eigenvalue weighted by Crippen LogP contribution is -2.63.